The average Bonchev–Trinajstić information content (AvgIpc) is 2.88. The standard InChI is InChI=1S/C26H30N4O2S/c1-14(2)13-33-26-27-24-22(28-29-26)21-12-16(4)10-18(6)23(21)30(19(7)31)25(32-24)20-11-15(3)8-9-17(20)5/h8-12,14,25H,13H2,1-7H3/t25-/m1/s1. The van der Waals surface area contributed by atoms with Gasteiger partial charge in [0.1, 0.15) is 0 Å². The van der Waals surface area contributed by atoms with Crippen molar-refractivity contribution in [2.24, 2.45) is 5.92 Å². The van der Waals surface area contributed by atoms with E-state index < -0.39 is 6.23 Å². The van der Waals surface area contributed by atoms with Crippen LogP contribution in [0.1, 0.15) is 54.8 Å². The number of thioether (sulfide) groups is 1. The van der Waals surface area contributed by atoms with E-state index in [4.69, 9.17) is 9.72 Å². The number of carbonyl (C=O) groups excluding carboxylic acids is 1. The van der Waals surface area contributed by atoms with Crippen LogP contribution in [0, 0.1) is 33.6 Å². The van der Waals surface area contributed by atoms with Crippen LogP contribution < -0.4 is 9.64 Å². The summed E-state index contributed by atoms with van der Waals surface area (Å²) in [5, 5.41) is 9.50. The third-order valence-corrected chi connectivity index (χ3v) is 6.88. The van der Waals surface area contributed by atoms with Crippen LogP contribution in [-0.2, 0) is 4.79 Å². The number of hydrogen-bond acceptors (Lipinski definition) is 6. The minimum absolute atomic E-state index is 0.107. The number of benzene rings is 2. The minimum Gasteiger partial charge on any atom is -0.447 e. The fraction of sp³-hybridized carbons (Fsp3) is 0.385. The van der Waals surface area contributed by atoms with Gasteiger partial charge in [-0.05, 0) is 50.8 Å². The number of rotatable bonds is 4. The zero-order valence-electron chi connectivity index (χ0n) is 20.3. The van der Waals surface area contributed by atoms with E-state index in [-0.39, 0.29) is 5.91 Å². The summed E-state index contributed by atoms with van der Waals surface area (Å²) in [6.45, 7) is 14.0. The molecule has 0 fully saturated rings. The zero-order chi connectivity index (χ0) is 23.9. The highest BCUT2D eigenvalue weighted by atomic mass is 32.2. The summed E-state index contributed by atoms with van der Waals surface area (Å²) in [5.74, 6) is 1.68. The van der Waals surface area contributed by atoms with Crippen molar-refractivity contribution in [3.63, 3.8) is 0 Å². The first kappa shape index (κ1) is 23.2. The van der Waals surface area contributed by atoms with Crippen molar-refractivity contribution in [1.82, 2.24) is 15.2 Å². The van der Waals surface area contributed by atoms with Gasteiger partial charge in [-0.25, -0.2) is 0 Å². The molecule has 0 radical (unpaired) electrons. The van der Waals surface area contributed by atoms with Crippen LogP contribution in [0.25, 0.3) is 11.3 Å². The van der Waals surface area contributed by atoms with Gasteiger partial charge in [0.05, 0.1) is 5.69 Å². The molecule has 1 aliphatic rings. The van der Waals surface area contributed by atoms with Crippen LogP contribution >= 0.6 is 11.8 Å². The molecule has 0 N–H and O–H groups in total. The molecule has 0 spiro atoms. The molecule has 172 valence electrons. The van der Waals surface area contributed by atoms with Crippen LogP contribution in [0.2, 0.25) is 0 Å². The highest BCUT2D eigenvalue weighted by Gasteiger charge is 2.36. The molecule has 1 atom stereocenters. The fourth-order valence-electron chi connectivity index (χ4n) is 4.14. The first-order valence-electron chi connectivity index (χ1n) is 11.2. The maximum Gasteiger partial charge on any atom is 0.247 e. The average molecular weight is 463 g/mol. The van der Waals surface area contributed by atoms with Crippen molar-refractivity contribution in [3.05, 3.63) is 58.1 Å². The monoisotopic (exact) mass is 462 g/mol. The Bertz CT molecular complexity index is 1230. The van der Waals surface area contributed by atoms with Gasteiger partial charge < -0.3 is 4.74 Å². The highest BCUT2D eigenvalue weighted by Crippen LogP contribution is 2.46. The van der Waals surface area contributed by atoms with Crippen molar-refractivity contribution in [2.75, 3.05) is 10.7 Å². The Morgan fingerprint density at radius 1 is 1.06 bits per heavy atom. The normalized spacial score (nSPS) is 15.0. The number of anilines is 1. The summed E-state index contributed by atoms with van der Waals surface area (Å²) in [5.41, 5.74) is 7.29. The summed E-state index contributed by atoms with van der Waals surface area (Å²) >= 11 is 1.56. The topological polar surface area (TPSA) is 68.2 Å². The second kappa shape index (κ2) is 9.14. The van der Waals surface area contributed by atoms with E-state index >= 15 is 0 Å². The van der Waals surface area contributed by atoms with Gasteiger partial charge in [-0.1, -0.05) is 61.0 Å². The quantitative estimate of drug-likeness (QED) is 0.445. The van der Waals surface area contributed by atoms with E-state index in [9.17, 15) is 4.79 Å². The lowest BCUT2D eigenvalue weighted by atomic mass is 9.99. The predicted molar refractivity (Wildman–Crippen MR) is 133 cm³/mol. The Hall–Kier alpha value is -2.93. The van der Waals surface area contributed by atoms with Crippen molar-refractivity contribution < 1.29 is 9.53 Å². The van der Waals surface area contributed by atoms with Crippen LogP contribution in [0.15, 0.2) is 35.5 Å². The first-order valence-corrected chi connectivity index (χ1v) is 12.2. The second-order valence-corrected chi connectivity index (χ2v) is 10.1. The lowest BCUT2D eigenvalue weighted by Gasteiger charge is -2.32. The van der Waals surface area contributed by atoms with Gasteiger partial charge in [0, 0.05) is 23.8 Å². The Morgan fingerprint density at radius 3 is 2.52 bits per heavy atom. The Balaban J connectivity index is 1.98. The van der Waals surface area contributed by atoms with Crippen LogP contribution in [0.3, 0.4) is 0 Å². The van der Waals surface area contributed by atoms with Gasteiger partial charge in [-0.15, -0.1) is 10.2 Å². The van der Waals surface area contributed by atoms with Gasteiger partial charge in [0.2, 0.25) is 23.2 Å². The van der Waals surface area contributed by atoms with E-state index in [0.29, 0.717) is 22.6 Å². The third-order valence-electron chi connectivity index (χ3n) is 5.62. The molecule has 33 heavy (non-hydrogen) atoms. The van der Waals surface area contributed by atoms with Gasteiger partial charge >= 0.3 is 0 Å². The Kier molecular flexibility index (Phi) is 6.43. The molecule has 0 saturated heterocycles. The molecule has 1 aromatic heterocycles. The number of ether oxygens (including phenoxy) is 1. The first-order chi connectivity index (χ1) is 15.7. The summed E-state index contributed by atoms with van der Waals surface area (Å²) in [7, 11) is 0. The maximum absolute atomic E-state index is 13.1. The molecule has 3 aromatic rings. The van der Waals surface area contributed by atoms with Gasteiger partial charge in [-0.3, -0.25) is 9.69 Å². The predicted octanol–water partition coefficient (Wildman–Crippen LogP) is 5.96. The van der Waals surface area contributed by atoms with Crippen molar-refractivity contribution in [1.29, 1.82) is 0 Å². The summed E-state index contributed by atoms with van der Waals surface area (Å²) < 4.78 is 6.56. The van der Waals surface area contributed by atoms with Gasteiger partial charge in [-0.2, -0.15) is 4.98 Å². The van der Waals surface area contributed by atoms with E-state index in [1.165, 1.54) is 0 Å². The smallest absolute Gasteiger partial charge is 0.247 e. The molecule has 7 heteroatoms. The zero-order valence-corrected chi connectivity index (χ0v) is 21.1. The summed E-state index contributed by atoms with van der Waals surface area (Å²) in [6, 6.07) is 10.3. The van der Waals surface area contributed by atoms with E-state index in [1.807, 2.05) is 33.8 Å². The molecule has 0 unspecified atom stereocenters. The lowest BCUT2D eigenvalue weighted by Crippen LogP contribution is -2.37. The number of nitrogens with zero attached hydrogens (tertiary/aromatic N) is 4. The molecular formula is C26H30N4O2S. The van der Waals surface area contributed by atoms with Crippen molar-refractivity contribution in [3.8, 4) is 17.1 Å². The SMILES string of the molecule is CC(=O)N1c2c(C)cc(C)cc2-c2nnc(SCC(C)C)nc2O[C@@H]1c1cc(C)ccc1C. The maximum atomic E-state index is 13.1. The van der Waals surface area contributed by atoms with Crippen LogP contribution in [0.5, 0.6) is 5.88 Å². The Labute approximate surface area is 199 Å². The third kappa shape index (κ3) is 4.60. The molecule has 6 nitrogen and oxygen atoms in total. The highest BCUT2D eigenvalue weighted by molar-refractivity contribution is 7.99. The second-order valence-electron chi connectivity index (χ2n) is 9.15. The van der Waals surface area contributed by atoms with Crippen molar-refractivity contribution >= 4 is 23.4 Å². The number of aryl methyl sites for hydroxylation is 4. The summed E-state index contributed by atoms with van der Waals surface area (Å²) in [6.07, 6.45) is -0.663. The summed E-state index contributed by atoms with van der Waals surface area (Å²) in [4.78, 5) is 19.6. The lowest BCUT2D eigenvalue weighted by molar-refractivity contribution is -0.118. The van der Waals surface area contributed by atoms with E-state index in [0.717, 1.165) is 44.8 Å². The molecular weight excluding hydrogens is 432 g/mol. The largest absolute Gasteiger partial charge is 0.447 e. The number of aromatic nitrogens is 3. The molecule has 4 rings (SSSR count). The molecule has 0 aliphatic carbocycles. The van der Waals surface area contributed by atoms with Crippen molar-refractivity contribution in [2.45, 2.75) is 59.9 Å². The molecule has 2 heterocycles. The van der Waals surface area contributed by atoms with E-state index in [2.05, 4.69) is 48.3 Å². The number of fused-ring (bicyclic) bond motifs is 3. The van der Waals surface area contributed by atoms with Crippen LogP contribution in [-0.4, -0.2) is 26.8 Å². The fourth-order valence-corrected chi connectivity index (χ4v) is 4.87. The van der Waals surface area contributed by atoms with Gasteiger partial charge in [0.15, 0.2) is 5.69 Å². The molecule has 1 aliphatic heterocycles. The molecule has 1 amide bonds. The molecule has 0 saturated carbocycles. The number of amides is 1. The number of carbonyl (C=O) groups is 1. The molecule has 2 aromatic carbocycles. The number of hydrogen-bond donors (Lipinski definition) is 0. The van der Waals surface area contributed by atoms with Crippen LogP contribution in [0.4, 0.5) is 5.69 Å². The molecule has 0 bridgehead atoms. The Morgan fingerprint density at radius 2 is 1.82 bits per heavy atom. The minimum atomic E-state index is -0.663. The van der Waals surface area contributed by atoms with Gasteiger partial charge in [0.25, 0.3) is 0 Å². The van der Waals surface area contributed by atoms with E-state index in [1.54, 1.807) is 23.6 Å².